The fraction of sp³-hybridized carbons (Fsp3) is 0. The van der Waals surface area contributed by atoms with Gasteiger partial charge in [0.25, 0.3) is 5.78 Å². The van der Waals surface area contributed by atoms with E-state index in [2.05, 4.69) is 31.2 Å². The highest BCUT2D eigenvalue weighted by molar-refractivity contribution is 9.10. The van der Waals surface area contributed by atoms with Gasteiger partial charge in [0.15, 0.2) is 10.8 Å². The van der Waals surface area contributed by atoms with Crippen molar-refractivity contribution in [3.63, 3.8) is 0 Å². The van der Waals surface area contributed by atoms with Crippen molar-refractivity contribution in [1.82, 2.24) is 9.78 Å². The number of furan rings is 2. The molecule has 7 nitrogen and oxygen atoms in total. The second-order valence-electron chi connectivity index (χ2n) is 6.42. The zero-order chi connectivity index (χ0) is 21.2. The van der Waals surface area contributed by atoms with Crippen LogP contribution in [0.15, 0.2) is 96.5 Å². The standard InChI is InChI=1S/C22H13BrN4O3S/c23-15-8-9-18-14(11-15)12-19(30-18)20(28)21-26-27(16-5-2-1-3-6-16)22(31-21)25-24-13-17-7-4-10-29-17/h1-13H/b24-13+,25-22+. The summed E-state index contributed by atoms with van der Waals surface area (Å²) in [6.45, 7) is 0. The molecule has 0 aliphatic rings. The van der Waals surface area contributed by atoms with E-state index in [0.717, 1.165) is 26.9 Å². The summed E-state index contributed by atoms with van der Waals surface area (Å²) in [4.78, 5) is 13.5. The summed E-state index contributed by atoms with van der Waals surface area (Å²) in [6, 6.07) is 20.2. The first-order valence-electron chi connectivity index (χ1n) is 9.17. The van der Waals surface area contributed by atoms with Gasteiger partial charge < -0.3 is 8.83 Å². The molecule has 0 aliphatic heterocycles. The first-order valence-corrected chi connectivity index (χ1v) is 10.8. The van der Waals surface area contributed by atoms with Crippen LogP contribution < -0.4 is 4.80 Å². The maximum Gasteiger partial charge on any atom is 0.258 e. The summed E-state index contributed by atoms with van der Waals surface area (Å²) >= 11 is 4.56. The lowest BCUT2D eigenvalue weighted by atomic mass is 10.2. The van der Waals surface area contributed by atoms with Crippen molar-refractivity contribution >= 4 is 50.2 Å². The van der Waals surface area contributed by atoms with Crippen LogP contribution in [-0.4, -0.2) is 21.8 Å². The van der Waals surface area contributed by atoms with Crippen molar-refractivity contribution in [2.24, 2.45) is 10.2 Å². The maximum absolute atomic E-state index is 13.1. The molecule has 5 rings (SSSR count). The van der Waals surface area contributed by atoms with Gasteiger partial charge in [-0.3, -0.25) is 4.79 Å². The van der Waals surface area contributed by atoms with Crippen LogP contribution in [0.25, 0.3) is 16.7 Å². The molecule has 0 fully saturated rings. The molecule has 5 aromatic rings. The van der Waals surface area contributed by atoms with Gasteiger partial charge in [-0.2, -0.15) is 10.2 Å². The zero-order valence-corrected chi connectivity index (χ0v) is 18.2. The number of ketones is 1. The number of nitrogens with zero attached hydrogens (tertiary/aromatic N) is 4. The monoisotopic (exact) mass is 492 g/mol. The molecule has 0 saturated carbocycles. The molecule has 0 amide bonds. The van der Waals surface area contributed by atoms with Gasteiger partial charge in [-0.15, -0.1) is 5.10 Å². The fourth-order valence-corrected chi connectivity index (χ4v) is 4.10. The van der Waals surface area contributed by atoms with E-state index >= 15 is 0 Å². The molecule has 3 heterocycles. The van der Waals surface area contributed by atoms with E-state index < -0.39 is 0 Å². The Kier molecular flexibility index (Phi) is 5.19. The average Bonchev–Trinajstić information content (AvgIpc) is 3.53. The fourth-order valence-electron chi connectivity index (χ4n) is 2.91. The van der Waals surface area contributed by atoms with E-state index in [1.54, 1.807) is 29.1 Å². The smallest absolute Gasteiger partial charge is 0.258 e. The summed E-state index contributed by atoms with van der Waals surface area (Å²) in [5, 5.41) is 13.9. The lowest BCUT2D eigenvalue weighted by molar-refractivity contribution is 0.101. The number of aromatic nitrogens is 2. The third kappa shape index (κ3) is 4.05. The van der Waals surface area contributed by atoms with Crippen LogP contribution in [0, 0.1) is 0 Å². The molecule has 9 heteroatoms. The molecule has 0 N–H and O–H groups in total. The van der Waals surface area contributed by atoms with Gasteiger partial charge in [0.05, 0.1) is 18.2 Å². The normalized spacial score (nSPS) is 12.2. The Balaban J connectivity index is 1.57. The van der Waals surface area contributed by atoms with Gasteiger partial charge in [0.1, 0.15) is 11.3 Å². The minimum atomic E-state index is -0.321. The van der Waals surface area contributed by atoms with Gasteiger partial charge in [-0.1, -0.05) is 45.5 Å². The predicted molar refractivity (Wildman–Crippen MR) is 121 cm³/mol. The highest BCUT2D eigenvalue weighted by Gasteiger charge is 2.20. The Morgan fingerprint density at radius 1 is 1.10 bits per heavy atom. The molecule has 2 aromatic carbocycles. The highest BCUT2D eigenvalue weighted by atomic mass is 79.9. The SMILES string of the molecule is O=C(c1cc2cc(Br)ccc2o1)c1nn(-c2ccccc2)/c(=N\N=C\c2ccco2)s1. The van der Waals surface area contributed by atoms with Crippen LogP contribution in [0.3, 0.4) is 0 Å². The molecule has 0 bridgehead atoms. The highest BCUT2D eigenvalue weighted by Crippen LogP contribution is 2.25. The Morgan fingerprint density at radius 2 is 1.97 bits per heavy atom. The Morgan fingerprint density at radius 3 is 2.77 bits per heavy atom. The third-order valence-corrected chi connectivity index (χ3v) is 5.72. The van der Waals surface area contributed by atoms with Gasteiger partial charge in [0.2, 0.25) is 4.80 Å². The van der Waals surface area contributed by atoms with Crippen molar-refractivity contribution in [3.8, 4) is 5.69 Å². The molecule has 0 unspecified atom stereocenters. The van der Waals surface area contributed by atoms with Gasteiger partial charge in [-0.25, -0.2) is 4.68 Å². The van der Waals surface area contributed by atoms with Crippen molar-refractivity contribution < 1.29 is 13.6 Å². The number of carbonyl (C=O) groups is 1. The number of fused-ring (bicyclic) bond motifs is 1. The van der Waals surface area contributed by atoms with Crippen LogP contribution in [0.5, 0.6) is 0 Å². The van der Waals surface area contributed by atoms with Crippen LogP contribution >= 0.6 is 27.3 Å². The minimum Gasteiger partial charge on any atom is -0.463 e. The third-order valence-electron chi connectivity index (χ3n) is 4.33. The largest absolute Gasteiger partial charge is 0.463 e. The maximum atomic E-state index is 13.1. The number of para-hydroxylation sites is 1. The number of hydrogen-bond donors (Lipinski definition) is 0. The molecular formula is C22H13BrN4O3S. The molecule has 0 aliphatic carbocycles. The van der Waals surface area contributed by atoms with Crippen LogP contribution in [0.1, 0.15) is 21.3 Å². The molecule has 152 valence electrons. The lowest BCUT2D eigenvalue weighted by Gasteiger charge is -1.98. The van der Waals surface area contributed by atoms with E-state index in [-0.39, 0.29) is 16.6 Å². The number of carbonyl (C=O) groups excluding carboxylic acids is 1. The molecule has 0 radical (unpaired) electrons. The molecular weight excluding hydrogens is 480 g/mol. The van der Waals surface area contributed by atoms with E-state index in [0.29, 0.717) is 16.1 Å². The van der Waals surface area contributed by atoms with Crippen molar-refractivity contribution in [1.29, 1.82) is 0 Å². The first-order chi connectivity index (χ1) is 15.2. The topological polar surface area (TPSA) is 85.9 Å². The van der Waals surface area contributed by atoms with Crippen molar-refractivity contribution in [2.75, 3.05) is 0 Å². The minimum absolute atomic E-state index is 0.215. The van der Waals surface area contributed by atoms with Gasteiger partial charge >= 0.3 is 0 Å². The number of rotatable bonds is 5. The van der Waals surface area contributed by atoms with E-state index in [9.17, 15) is 4.79 Å². The molecule has 0 atom stereocenters. The summed E-state index contributed by atoms with van der Waals surface area (Å²) in [6.07, 6.45) is 3.05. The van der Waals surface area contributed by atoms with Gasteiger partial charge in [-0.05, 0) is 48.5 Å². The van der Waals surface area contributed by atoms with E-state index in [4.69, 9.17) is 8.83 Å². The van der Waals surface area contributed by atoms with Crippen molar-refractivity contribution in [2.45, 2.75) is 0 Å². The molecule has 0 spiro atoms. The number of hydrogen-bond acceptors (Lipinski definition) is 7. The summed E-state index contributed by atoms with van der Waals surface area (Å²) in [5.74, 6) is 0.468. The quantitative estimate of drug-likeness (QED) is 0.191. The first kappa shape index (κ1) is 19.4. The summed E-state index contributed by atoms with van der Waals surface area (Å²) < 4.78 is 13.5. The Bertz CT molecular complexity index is 1460. The Labute approximate surface area is 188 Å². The van der Waals surface area contributed by atoms with Crippen LogP contribution in [0.2, 0.25) is 0 Å². The summed E-state index contributed by atoms with van der Waals surface area (Å²) in [7, 11) is 0. The second-order valence-corrected chi connectivity index (χ2v) is 8.29. The molecule has 31 heavy (non-hydrogen) atoms. The number of halogens is 1. The second kappa shape index (κ2) is 8.29. The zero-order valence-electron chi connectivity index (χ0n) is 15.8. The van der Waals surface area contributed by atoms with Gasteiger partial charge in [0, 0.05) is 9.86 Å². The summed E-state index contributed by atoms with van der Waals surface area (Å²) in [5.41, 5.74) is 1.39. The van der Waals surface area contributed by atoms with Crippen molar-refractivity contribution in [3.05, 3.63) is 98.8 Å². The molecule has 3 aromatic heterocycles. The van der Waals surface area contributed by atoms with E-state index in [1.807, 2.05) is 48.5 Å². The average molecular weight is 493 g/mol. The van der Waals surface area contributed by atoms with Crippen LogP contribution in [0.4, 0.5) is 0 Å². The molecule has 0 saturated heterocycles. The Hall–Kier alpha value is -3.56. The van der Waals surface area contributed by atoms with E-state index in [1.165, 1.54) is 6.21 Å². The lowest BCUT2D eigenvalue weighted by Crippen LogP contribution is -2.14. The van der Waals surface area contributed by atoms with Crippen LogP contribution in [-0.2, 0) is 0 Å². The predicted octanol–water partition coefficient (Wildman–Crippen LogP) is 5.20. The number of benzene rings is 2.